The van der Waals surface area contributed by atoms with Gasteiger partial charge in [-0.05, 0) is 70.6 Å². The van der Waals surface area contributed by atoms with Crippen molar-refractivity contribution in [3.8, 4) is 11.5 Å². The van der Waals surface area contributed by atoms with Gasteiger partial charge in [0.1, 0.15) is 11.5 Å². The number of rotatable bonds is 5. The largest absolute Gasteiger partial charge is 0.507 e. The lowest BCUT2D eigenvalue weighted by Gasteiger charge is -2.63. The molecule has 2 unspecified atom stereocenters. The highest BCUT2D eigenvalue weighted by Gasteiger charge is 2.61. The maximum Gasteiger partial charge on any atom is 0.128 e. The van der Waals surface area contributed by atoms with Gasteiger partial charge in [0, 0.05) is 23.6 Å². The van der Waals surface area contributed by atoms with Gasteiger partial charge >= 0.3 is 0 Å². The molecular weight excluding hydrogens is 444 g/mol. The molecule has 0 amide bonds. The number of hydrogen-bond donors (Lipinski definition) is 2. The van der Waals surface area contributed by atoms with Gasteiger partial charge in [-0.2, -0.15) is 0 Å². The molecule has 0 aliphatic heterocycles. The van der Waals surface area contributed by atoms with Gasteiger partial charge in [0.2, 0.25) is 0 Å². The van der Waals surface area contributed by atoms with Crippen molar-refractivity contribution in [1.82, 2.24) is 0 Å². The molecule has 3 aliphatic carbocycles. The quantitative estimate of drug-likeness (QED) is 0.430. The van der Waals surface area contributed by atoms with Gasteiger partial charge < -0.3 is 10.2 Å². The predicted octanol–water partition coefficient (Wildman–Crippen LogP) is 7.43. The Labute approximate surface area is 217 Å². The van der Waals surface area contributed by atoms with Gasteiger partial charge in [-0.3, -0.25) is 9.98 Å². The molecule has 4 nitrogen and oxygen atoms in total. The van der Waals surface area contributed by atoms with Crippen LogP contribution in [-0.4, -0.2) is 34.7 Å². The molecule has 2 N–H and O–H groups in total. The van der Waals surface area contributed by atoms with Crippen molar-refractivity contribution >= 4 is 12.4 Å². The zero-order valence-electron chi connectivity index (χ0n) is 23.4. The van der Waals surface area contributed by atoms with Crippen LogP contribution >= 0.6 is 0 Å². The Hall–Kier alpha value is -2.62. The Balaban J connectivity index is 1.67. The van der Waals surface area contributed by atoms with Crippen LogP contribution in [0, 0.1) is 17.3 Å². The molecular formula is C32H44N2O2. The van der Waals surface area contributed by atoms with Crippen LogP contribution in [0.15, 0.2) is 46.4 Å². The van der Waals surface area contributed by atoms with E-state index < -0.39 is 0 Å². The fourth-order valence-corrected chi connectivity index (χ4v) is 6.44. The Kier molecular flexibility index (Phi) is 6.64. The lowest BCUT2D eigenvalue weighted by Crippen LogP contribution is -2.61. The lowest BCUT2D eigenvalue weighted by atomic mass is 9.43. The minimum Gasteiger partial charge on any atom is -0.507 e. The van der Waals surface area contributed by atoms with E-state index in [-0.39, 0.29) is 21.8 Å². The van der Waals surface area contributed by atoms with Crippen molar-refractivity contribution in [2.75, 3.05) is 6.54 Å². The van der Waals surface area contributed by atoms with Crippen molar-refractivity contribution in [2.24, 2.45) is 27.2 Å². The molecule has 3 aliphatic rings. The first-order valence-corrected chi connectivity index (χ1v) is 13.4. The molecule has 0 radical (unpaired) electrons. The zero-order chi connectivity index (χ0) is 26.5. The second kappa shape index (κ2) is 9.04. The average molecular weight is 489 g/mol. The van der Waals surface area contributed by atoms with Gasteiger partial charge in [0.05, 0.1) is 12.1 Å². The average Bonchev–Trinajstić information content (AvgIpc) is 2.78. The summed E-state index contributed by atoms with van der Waals surface area (Å²) in [5, 5.41) is 21.9. The van der Waals surface area contributed by atoms with Crippen LogP contribution in [0.25, 0.3) is 0 Å². The summed E-state index contributed by atoms with van der Waals surface area (Å²) in [7, 11) is 0. The van der Waals surface area contributed by atoms with Crippen molar-refractivity contribution in [3.63, 3.8) is 0 Å². The minimum atomic E-state index is -0.309. The lowest BCUT2D eigenvalue weighted by molar-refractivity contribution is -0.112. The van der Waals surface area contributed by atoms with Gasteiger partial charge in [-0.15, -0.1) is 0 Å². The van der Waals surface area contributed by atoms with Crippen LogP contribution in [0.3, 0.4) is 0 Å². The summed E-state index contributed by atoms with van der Waals surface area (Å²) < 4.78 is 0. The first-order valence-electron chi connectivity index (χ1n) is 13.4. The number of aliphatic imine (C=N–C) groups is 2. The SMILES string of the molecule is CC(C)(C)c1cccc(C=NCC2(N=Cc3cccc(C(C)(C)C)c3O)CC[C@@H]3CC2C3(C)C)c1O. The Morgan fingerprint density at radius 1 is 0.861 bits per heavy atom. The summed E-state index contributed by atoms with van der Waals surface area (Å²) in [5.41, 5.74) is 3.00. The normalized spacial score (nSPS) is 25.9. The molecule has 2 bridgehead atoms. The number of aromatic hydroxyl groups is 2. The summed E-state index contributed by atoms with van der Waals surface area (Å²) >= 11 is 0. The molecule has 0 saturated heterocycles. The summed E-state index contributed by atoms with van der Waals surface area (Å²) in [5.74, 6) is 1.82. The summed E-state index contributed by atoms with van der Waals surface area (Å²) in [6, 6.07) is 11.8. The third-order valence-electron chi connectivity index (χ3n) is 8.85. The van der Waals surface area contributed by atoms with E-state index in [0.29, 0.717) is 24.0 Å². The molecule has 4 heteroatoms. The monoisotopic (exact) mass is 488 g/mol. The molecule has 5 rings (SSSR count). The van der Waals surface area contributed by atoms with Crippen LogP contribution in [0.5, 0.6) is 11.5 Å². The highest BCUT2D eigenvalue weighted by atomic mass is 16.3. The maximum absolute atomic E-state index is 11.0. The first kappa shape index (κ1) is 26.4. The maximum atomic E-state index is 11.0. The first-order chi connectivity index (χ1) is 16.7. The molecule has 194 valence electrons. The highest BCUT2D eigenvalue weighted by Crippen LogP contribution is 2.64. The van der Waals surface area contributed by atoms with E-state index in [1.807, 2.05) is 48.8 Å². The van der Waals surface area contributed by atoms with Crippen LogP contribution in [0.1, 0.15) is 96.9 Å². The molecule has 3 atom stereocenters. The molecule has 2 aromatic rings. The molecule has 0 spiro atoms. The van der Waals surface area contributed by atoms with Crippen LogP contribution in [-0.2, 0) is 10.8 Å². The van der Waals surface area contributed by atoms with Crippen LogP contribution < -0.4 is 0 Å². The van der Waals surface area contributed by atoms with Crippen LogP contribution in [0.4, 0.5) is 0 Å². The number of benzene rings is 2. The molecule has 3 fully saturated rings. The summed E-state index contributed by atoms with van der Waals surface area (Å²) in [4.78, 5) is 10.1. The highest BCUT2D eigenvalue weighted by molar-refractivity contribution is 5.85. The smallest absolute Gasteiger partial charge is 0.128 e. The Morgan fingerprint density at radius 2 is 1.39 bits per heavy atom. The predicted molar refractivity (Wildman–Crippen MR) is 151 cm³/mol. The van der Waals surface area contributed by atoms with Crippen molar-refractivity contribution in [2.45, 2.75) is 91.0 Å². The van der Waals surface area contributed by atoms with E-state index in [0.717, 1.165) is 41.0 Å². The fourth-order valence-electron chi connectivity index (χ4n) is 6.44. The van der Waals surface area contributed by atoms with E-state index in [9.17, 15) is 10.2 Å². The van der Waals surface area contributed by atoms with Crippen molar-refractivity contribution in [1.29, 1.82) is 0 Å². The van der Waals surface area contributed by atoms with Gasteiger partial charge in [0.25, 0.3) is 0 Å². The molecule has 0 aromatic heterocycles. The second-order valence-electron chi connectivity index (χ2n) is 13.7. The van der Waals surface area contributed by atoms with Crippen LogP contribution in [0.2, 0.25) is 0 Å². The minimum absolute atomic E-state index is 0.141. The Bertz CT molecular complexity index is 1180. The number of para-hydroxylation sites is 2. The van der Waals surface area contributed by atoms with Crippen molar-refractivity contribution < 1.29 is 10.2 Å². The third kappa shape index (κ3) is 4.71. The topological polar surface area (TPSA) is 65.2 Å². The van der Waals surface area contributed by atoms with Gasteiger partial charge in [-0.1, -0.05) is 79.7 Å². The summed E-state index contributed by atoms with van der Waals surface area (Å²) in [6.07, 6.45) is 7.02. The van der Waals surface area contributed by atoms with E-state index in [1.54, 1.807) is 0 Å². The fraction of sp³-hybridized carbons (Fsp3) is 0.562. The number of nitrogens with zero attached hydrogens (tertiary/aromatic N) is 2. The molecule has 36 heavy (non-hydrogen) atoms. The standard InChI is InChI=1S/C32H44N2O2/c1-29(2,3)24-13-9-11-21(27(24)35)18-33-20-32(16-15-23-17-26(32)31(23,7)8)34-19-22-12-10-14-25(28(22)36)30(4,5)6/h9-14,18-19,23,26,35-36H,15-17,20H2,1-8H3/t23-,26?,32?/m1/s1. The van der Waals surface area contributed by atoms with E-state index in [1.165, 1.54) is 6.42 Å². The third-order valence-corrected chi connectivity index (χ3v) is 8.85. The van der Waals surface area contributed by atoms with E-state index in [4.69, 9.17) is 9.98 Å². The number of phenolic OH excluding ortho intramolecular Hbond substituents is 2. The molecule has 0 heterocycles. The van der Waals surface area contributed by atoms with Crippen molar-refractivity contribution in [3.05, 3.63) is 58.7 Å². The van der Waals surface area contributed by atoms with Gasteiger partial charge in [0.15, 0.2) is 0 Å². The van der Waals surface area contributed by atoms with E-state index in [2.05, 4.69) is 55.4 Å². The van der Waals surface area contributed by atoms with Gasteiger partial charge in [-0.25, -0.2) is 0 Å². The molecule has 2 aromatic carbocycles. The summed E-state index contributed by atoms with van der Waals surface area (Å²) in [6.45, 7) is 18.0. The number of phenols is 2. The van der Waals surface area contributed by atoms with E-state index >= 15 is 0 Å². The number of hydrogen-bond acceptors (Lipinski definition) is 4. The molecule has 3 saturated carbocycles. The Morgan fingerprint density at radius 3 is 1.86 bits per heavy atom. The number of fused-ring (bicyclic) bond motifs is 2. The second-order valence-corrected chi connectivity index (χ2v) is 13.7. The zero-order valence-corrected chi connectivity index (χ0v) is 23.4.